The molecule has 158 valence electrons. The number of rotatable bonds is 6. The molecule has 3 rings (SSSR count). The Balaban J connectivity index is 1.59. The van der Waals surface area contributed by atoms with Gasteiger partial charge >= 0.3 is 12.0 Å². The van der Waals surface area contributed by atoms with Crippen LogP contribution in [-0.2, 0) is 9.53 Å². The van der Waals surface area contributed by atoms with Gasteiger partial charge < -0.3 is 25.1 Å². The van der Waals surface area contributed by atoms with Crippen LogP contribution in [0.3, 0.4) is 0 Å². The van der Waals surface area contributed by atoms with Crippen molar-refractivity contribution in [1.29, 1.82) is 0 Å². The molecule has 9 nitrogen and oxygen atoms in total. The summed E-state index contributed by atoms with van der Waals surface area (Å²) >= 11 is 0. The summed E-state index contributed by atoms with van der Waals surface area (Å²) in [7, 11) is 0. The van der Waals surface area contributed by atoms with E-state index >= 15 is 0 Å². The first-order valence-corrected chi connectivity index (χ1v) is 9.94. The fourth-order valence-electron chi connectivity index (χ4n) is 3.72. The van der Waals surface area contributed by atoms with Crippen molar-refractivity contribution in [3.05, 3.63) is 34.9 Å². The summed E-state index contributed by atoms with van der Waals surface area (Å²) in [6.45, 7) is 7.55. The lowest BCUT2D eigenvalue weighted by Crippen LogP contribution is -2.52. The highest BCUT2D eigenvalue weighted by molar-refractivity contribution is 5.94. The van der Waals surface area contributed by atoms with Crippen molar-refractivity contribution in [2.24, 2.45) is 0 Å². The van der Waals surface area contributed by atoms with Crippen LogP contribution in [0.1, 0.15) is 42.8 Å². The molecule has 1 fully saturated rings. The van der Waals surface area contributed by atoms with Gasteiger partial charge in [0.05, 0.1) is 24.5 Å². The maximum absolute atomic E-state index is 12.3. The molecule has 0 saturated carbocycles. The lowest BCUT2D eigenvalue weighted by atomic mass is 10.0. The number of aryl methyl sites for hydroxylation is 1. The molecule has 1 atom stereocenters. The molecule has 0 aliphatic carbocycles. The topological polar surface area (TPSA) is 113 Å². The highest BCUT2D eigenvalue weighted by Gasteiger charge is 2.31. The molecule has 29 heavy (non-hydrogen) atoms. The number of hydrogen-bond acceptors (Lipinski definition) is 6. The van der Waals surface area contributed by atoms with E-state index < -0.39 is 12.0 Å². The summed E-state index contributed by atoms with van der Waals surface area (Å²) < 4.78 is 10.4. The molecule has 9 heteroatoms. The van der Waals surface area contributed by atoms with E-state index in [0.717, 1.165) is 31.5 Å². The smallest absolute Gasteiger partial charge is 0.337 e. The van der Waals surface area contributed by atoms with Gasteiger partial charge in [0.25, 0.3) is 5.91 Å². The van der Waals surface area contributed by atoms with Gasteiger partial charge in [0.1, 0.15) is 0 Å². The molecule has 1 aromatic heterocycles. The first-order chi connectivity index (χ1) is 13.9. The van der Waals surface area contributed by atoms with Crippen LogP contribution in [0, 0.1) is 6.92 Å². The number of amides is 3. The van der Waals surface area contributed by atoms with E-state index in [2.05, 4.69) is 20.9 Å². The van der Waals surface area contributed by atoms with Gasteiger partial charge in [0, 0.05) is 36.9 Å². The van der Waals surface area contributed by atoms with Gasteiger partial charge in [-0.15, -0.1) is 0 Å². The maximum Gasteiger partial charge on any atom is 0.337 e. The number of ether oxygens (including phenoxy) is 1. The summed E-state index contributed by atoms with van der Waals surface area (Å²) in [5, 5.41) is 8.47. The number of urea groups is 1. The second kappa shape index (κ2) is 9.13. The lowest BCUT2D eigenvalue weighted by molar-refractivity contribution is -0.139. The fourth-order valence-corrected chi connectivity index (χ4v) is 3.72. The zero-order chi connectivity index (χ0) is 21.0. The molecule has 0 aromatic carbocycles. The highest BCUT2D eigenvalue weighted by atomic mass is 16.5. The van der Waals surface area contributed by atoms with Crippen molar-refractivity contribution in [1.82, 2.24) is 20.9 Å². The van der Waals surface area contributed by atoms with Crippen LogP contribution in [0.15, 0.2) is 28.0 Å². The summed E-state index contributed by atoms with van der Waals surface area (Å²) in [6, 6.07) is 1.09. The Morgan fingerprint density at radius 3 is 2.69 bits per heavy atom. The van der Waals surface area contributed by atoms with Gasteiger partial charge in [-0.1, -0.05) is 0 Å². The molecule has 3 amide bonds. The van der Waals surface area contributed by atoms with Crippen LogP contribution in [0.5, 0.6) is 0 Å². The lowest BCUT2D eigenvalue weighted by Gasteiger charge is -2.35. The van der Waals surface area contributed by atoms with Crippen molar-refractivity contribution in [3.8, 4) is 0 Å². The molecular formula is C20H28N4O5. The van der Waals surface area contributed by atoms with E-state index in [1.165, 1.54) is 6.26 Å². The van der Waals surface area contributed by atoms with Crippen molar-refractivity contribution < 1.29 is 23.5 Å². The number of hydrogen-bond donors (Lipinski definition) is 3. The van der Waals surface area contributed by atoms with Gasteiger partial charge in [-0.2, -0.15) is 0 Å². The molecule has 1 unspecified atom stereocenters. The summed E-state index contributed by atoms with van der Waals surface area (Å²) in [6.07, 6.45) is 3.06. The van der Waals surface area contributed by atoms with E-state index in [9.17, 15) is 14.4 Å². The monoisotopic (exact) mass is 404 g/mol. The van der Waals surface area contributed by atoms with Crippen LogP contribution >= 0.6 is 0 Å². The second-order valence-electron chi connectivity index (χ2n) is 7.39. The quantitative estimate of drug-likeness (QED) is 0.616. The van der Waals surface area contributed by atoms with E-state index in [-0.39, 0.29) is 24.6 Å². The molecule has 0 radical (unpaired) electrons. The Morgan fingerprint density at radius 2 is 2.07 bits per heavy atom. The van der Waals surface area contributed by atoms with Gasteiger partial charge in [-0.25, -0.2) is 9.59 Å². The predicted molar refractivity (Wildman–Crippen MR) is 105 cm³/mol. The van der Waals surface area contributed by atoms with E-state index in [1.54, 1.807) is 19.9 Å². The number of nitrogens with one attached hydrogen (secondary N) is 3. The molecule has 1 saturated heterocycles. The highest BCUT2D eigenvalue weighted by Crippen LogP contribution is 2.18. The fraction of sp³-hybridized carbons (Fsp3) is 0.550. The molecule has 2 aliphatic rings. The van der Waals surface area contributed by atoms with E-state index in [4.69, 9.17) is 9.15 Å². The van der Waals surface area contributed by atoms with E-state index in [0.29, 0.717) is 23.6 Å². The number of esters is 1. The SMILES string of the molecule is CCOC(=O)C1=C(CN2CCC(NC(=O)c3occc3C)CC2)NC(=O)NC1C. The predicted octanol–water partition coefficient (Wildman–Crippen LogP) is 1.30. The number of carbonyl (C=O) groups is 3. The number of piperidine rings is 1. The van der Waals surface area contributed by atoms with Gasteiger partial charge in [0.15, 0.2) is 5.76 Å². The minimum absolute atomic E-state index is 0.0586. The van der Waals surface area contributed by atoms with E-state index in [1.807, 2.05) is 6.92 Å². The molecular weight excluding hydrogens is 376 g/mol. The zero-order valence-electron chi connectivity index (χ0n) is 17.0. The second-order valence-corrected chi connectivity index (χ2v) is 7.39. The molecule has 0 spiro atoms. The average molecular weight is 404 g/mol. The standard InChI is InChI=1S/C20H28N4O5/c1-4-28-19(26)16-13(3)21-20(27)23-15(16)11-24-8-5-14(6-9-24)22-18(25)17-12(2)7-10-29-17/h7,10,13-14H,4-6,8-9,11H2,1-3H3,(H,22,25)(H2,21,23,27). The first kappa shape index (κ1) is 20.9. The Labute approximate surface area is 169 Å². The van der Waals surface area contributed by atoms with Crippen LogP contribution in [0.25, 0.3) is 0 Å². The number of furan rings is 1. The van der Waals surface area contributed by atoms with Crippen LogP contribution in [-0.4, -0.2) is 61.1 Å². The van der Waals surface area contributed by atoms with Crippen molar-refractivity contribution in [2.75, 3.05) is 26.2 Å². The normalized spacial score (nSPS) is 20.8. The van der Waals surface area contributed by atoms with Crippen molar-refractivity contribution >= 4 is 17.9 Å². The van der Waals surface area contributed by atoms with Crippen LogP contribution < -0.4 is 16.0 Å². The van der Waals surface area contributed by atoms with Crippen molar-refractivity contribution in [3.63, 3.8) is 0 Å². The Hall–Kier alpha value is -2.81. The third kappa shape index (κ3) is 4.97. The summed E-state index contributed by atoms with van der Waals surface area (Å²) in [5.74, 6) is -0.265. The largest absolute Gasteiger partial charge is 0.463 e. The minimum atomic E-state index is -0.418. The number of likely N-dealkylation sites (tertiary alicyclic amines) is 1. The Bertz CT molecular complexity index is 808. The molecule has 3 N–H and O–H groups in total. The van der Waals surface area contributed by atoms with Crippen molar-refractivity contribution in [2.45, 2.75) is 45.7 Å². The molecule has 3 heterocycles. The first-order valence-electron chi connectivity index (χ1n) is 9.94. The van der Waals surface area contributed by atoms with Crippen LogP contribution in [0.4, 0.5) is 4.79 Å². The number of carbonyl (C=O) groups excluding carboxylic acids is 3. The Morgan fingerprint density at radius 1 is 1.34 bits per heavy atom. The Kier molecular flexibility index (Phi) is 6.58. The third-order valence-electron chi connectivity index (χ3n) is 5.24. The molecule has 2 aliphatic heterocycles. The maximum atomic E-state index is 12.3. The summed E-state index contributed by atoms with van der Waals surface area (Å²) in [5.41, 5.74) is 1.85. The van der Waals surface area contributed by atoms with Gasteiger partial charge in [-0.3, -0.25) is 9.69 Å². The molecule has 0 bridgehead atoms. The number of nitrogens with zero attached hydrogens (tertiary/aromatic N) is 1. The zero-order valence-corrected chi connectivity index (χ0v) is 17.0. The average Bonchev–Trinajstić information content (AvgIpc) is 3.09. The summed E-state index contributed by atoms with van der Waals surface area (Å²) in [4.78, 5) is 38.7. The van der Waals surface area contributed by atoms with Crippen LogP contribution in [0.2, 0.25) is 0 Å². The molecule has 1 aromatic rings. The van der Waals surface area contributed by atoms with Gasteiger partial charge in [0.2, 0.25) is 0 Å². The van der Waals surface area contributed by atoms with Gasteiger partial charge in [-0.05, 0) is 39.7 Å². The third-order valence-corrected chi connectivity index (χ3v) is 5.24. The minimum Gasteiger partial charge on any atom is -0.463 e.